The third-order valence-corrected chi connectivity index (χ3v) is 13.7. The molecule has 0 aliphatic rings. The zero-order chi connectivity index (χ0) is 48.6. The van der Waals surface area contributed by atoms with Gasteiger partial charge in [-0.25, -0.2) is 0 Å². The van der Waals surface area contributed by atoms with E-state index in [1.54, 1.807) is 0 Å². The minimum absolute atomic E-state index is 0.0293. The quantitative estimate of drug-likeness (QED) is 0.0244. The van der Waals surface area contributed by atoms with E-state index >= 15 is 0 Å². The third kappa shape index (κ3) is 53.3. The predicted molar refractivity (Wildman–Crippen MR) is 292 cm³/mol. The number of ether oxygens (including phenoxy) is 1. The molecule has 0 saturated carbocycles. The van der Waals surface area contributed by atoms with Gasteiger partial charge < -0.3 is 20.3 Å². The number of carbonyl (C=O) groups is 2. The van der Waals surface area contributed by atoms with Gasteiger partial charge in [-0.05, 0) is 83.5 Å². The zero-order valence-electron chi connectivity index (χ0n) is 44.9. The third-order valence-electron chi connectivity index (χ3n) is 13.7. The summed E-state index contributed by atoms with van der Waals surface area (Å²) in [4.78, 5) is 24.5. The lowest BCUT2D eigenvalue weighted by Crippen LogP contribution is -2.45. The molecular formula is C61H115NO5. The number of unbranched alkanes of at least 4 members (excludes halogenated alkanes) is 39. The number of carbonyl (C=O) groups excluding carboxylic acids is 2. The van der Waals surface area contributed by atoms with Crippen LogP contribution in [0.1, 0.15) is 316 Å². The molecule has 0 bridgehead atoms. The van der Waals surface area contributed by atoms with E-state index < -0.39 is 12.1 Å². The van der Waals surface area contributed by atoms with E-state index in [1.165, 1.54) is 205 Å². The van der Waals surface area contributed by atoms with Crippen molar-refractivity contribution in [3.63, 3.8) is 0 Å². The summed E-state index contributed by atoms with van der Waals surface area (Å²) >= 11 is 0. The van der Waals surface area contributed by atoms with E-state index in [2.05, 4.69) is 55.6 Å². The number of esters is 1. The number of rotatable bonds is 55. The van der Waals surface area contributed by atoms with E-state index in [0.29, 0.717) is 25.9 Å². The Morgan fingerprint density at radius 3 is 1.15 bits per heavy atom. The Morgan fingerprint density at radius 2 is 0.746 bits per heavy atom. The van der Waals surface area contributed by atoms with Crippen LogP contribution >= 0.6 is 0 Å². The average molecular weight is 943 g/mol. The molecule has 0 aliphatic carbocycles. The van der Waals surface area contributed by atoms with Gasteiger partial charge >= 0.3 is 5.97 Å². The van der Waals surface area contributed by atoms with Gasteiger partial charge in [-0.2, -0.15) is 0 Å². The van der Waals surface area contributed by atoms with Gasteiger partial charge in [-0.1, -0.05) is 256 Å². The van der Waals surface area contributed by atoms with Gasteiger partial charge in [0.2, 0.25) is 5.91 Å². The highest BCUT2D eigenvalue weighted by molar-refractivity contribution is 5.76. The van der Waals surface area contributed by atoms with Crippen LogP contribution in [-0.4, -0.2) is 47.4 Å². The van der Waals surface area contributed by atoms with Crippen LogP contribution in [0.15, 0.2) is 36.5 Å². The lowest BCUT2D eigenvalue weighted by atomic mass is 10.0. The second kappa shape index (κ2) is 56.7. The van der Waals surface area contributed by atoms with E-state index in [0.717, 1.165) is 77.0 Å². The van der Waals surface area contributed by atoms with Crippen molar-refractivity contribution in [3.05, 3.63) is 36.5 Å². The van der Waals surface area contributed by atoms with Crippen molar-refractivity contribution in [2.75, 3.05) is 13.2 Å². The van der Waals surface area contributed by atoms with Gasteiger partial charge in [0.15, 0.2) is 0 Å². The van der Waals surface area contributed by atoms with E-state index in [9.17, 15) is 19.8 Å². The molecule has 3 N–H and O–H groups in total. The highest BCUT2D eigenvalue weighted by atomic mass is 16.5. The molecule has 2 unspecified atom stereocenters. The minimum atomic E-state index is -0.680. The Morgan fingerprint density at radius 1 is 0.418 bits per heavy atom. The van der Waals surface area contributed by atoms with Crippen LogP contribution in [0.25, 0.3) is 0 Å². The summed E-state index contributed by atoms with van der Waals surface area (Å²) in [5.74, 6) is -0.0850. The molecule has 6 heteroatoms. The number of allylic oxidation sites excluding steroid dienone is 6. The second-order valence-electron chi connectivity index (χ2n) is 20.4. The van der Waals surface area contributed by atoms with Gasteiger partial charge in [-0.15, -0.1) is 0 Å². The number of hydrogen-bond donors (Lipinski definition) is 3. The van der Waals surface area contributed by atoms with E-state index in [1.807, 2.05) is 0 Å². The molecule has 6 nitrogen and oxygen atoms in total. The molecule has 0 heterocycles. The first-order chi connectivity index (χ1) is 33.0. The van der Waals surface area contributed by atoms with Crippen LogP contribution in [0.5, 0.6) is 0 Å². The Labute approximate surface area is 417 Å². The Balaban J connectivity index is 3.52. The van der Waals surface area contributed by atoms with Gasteiger partial charge in [0.1, 0.15) is 0 Å². The molecule has 0 aromatic carbocycles. The normalized spacial score (nSPS) is 12.8. The maximum atomic E-state index is 12.5. The Kier molecular flexibility index (Phi) is 55.0. The summed E-state index contributed by atoms with van der Waals surface area (Å²) in [7, 11) is 0. The molecule has 0 spiro atoms. The molecule has 0 fully saturated rings. The highest BCUT2D eigenvalue weighted by Crippen LogP contribution is 2.17. The summed E-state index contributed by atoms with van der Waals surface area (Å²) in [6, 6.07) is -0.559. The van der Waals surface area contributed by atoms with Gasteiger partial charge in [0.25, 0.3) is 0 Å². The van der Waals surface area contributed by atoms with Crippen LogP contribution in [-0.2, 0) is 14.3 Å². The Bertz CT molecular complexity index is 1090. The molecule has 394 valence electrons. The van der Waals surface area contributed by atoms with Crippen LogP contribution in [0.2, 0.25) is 0 Å². The van der Waals surface area contributed by atoms with Crippen molar-refractivity contribution < 1.29 is 24.5 Å². The predicted octanol–water partition coefficient (Wildman–Crippen LogP) is 18.4. The number of hydrogen-bond acceptors (Lipinski definition) is 5. The number of amides is 1. The molecule has 0 saturated heterocycles. The number of aliphatic hydroxyl groups is 2. The monoisotopic (exact) mass is 942 g/mol. The van der Waals surface area contributed by atoms with Crippen molar-refractivity contribution >= 4 is 11.9 Å². The van der Waals surface area contributed by atoms with Crippen LogP contribution in [0.4, 0.5) is 0 Å². The van der Waals surface area contributed by atoms with Crippen LogP contribution < -0.4 is 5.32 Å². The summed E-state index contributed by atoms with van der Waals surface area (Å²) in [6.07, 6.45) is 69.9. The summed E-state index contributed by atoms with van der Waals surface area (Å²) in [5, 5.41) is 23.3. The lowest BCUT2D eigenvalue weighted by Gasteiger charge is -2.22. The molecule has 1 amide bonds. The van der Waals surface area contributed by atoms with E-state index in [4.69, 9.17) is 4.74 Å². The second-order valence-corrected chi connectivity index (χ2v) is 20.4. The minimum Gasteiger partial charge on any atom is -0.466 e. The van der Waals surface area contributed by atoms with E-state index in [-0.39, 0.29) is 18.5 Å². The molecule has 2 atom stereocenters. The molecule has 67 heavy (non-hydrogen) atoms. The van der Waals surface area contributed by atoms with Crippen molar-refractivity contribution in [3.8, 4) is 0 Å². The van der Waals surface area contributed by atoms with Gasteiger partial charge in [-0.3, -0.25) is 9.59 Å². The van der Waals surface area contributed by atoms with Crippen molar-refractivity contribution in [2.45, 2.75) is 328 Å². The Hall–Kier alpha value is -1.92. The molecule has 0 radical (unpaired) electrons. The fourth-order valence-electron chi connectivity index (χ4n) is 9.10. The summed E-state index contributed by atoms with van der Waals surface area (Å²) in [5.41, 5.74) is 0. The van der Waals surface area contributed by atoms with Crippen molar-refractivity contribution in [1.82, 2.24) is 5.32 Å². The molecule has 0 aromatic rings. The maximum Gasteiger partial charge on any atom is 0.305 e. The molecular weight excluding hydrogens is 827 g/mol. The first-order valence-corrected chi connectivity index (χ1v) is 29.8. The van der Waals surface area contributed by atoms with Crippen molar-refractivity contribution in [2.24, 2.45) is 0 Å². The standard InChI is InChI=1S/C61H115NO5/c1-3-5-7-9-11-13-15-17-19-20-21-22-23-26-29-33-37-41-45-49-53-59(64)58(57-63)62-60(65)54-50-46-42-38-34-30-27-24-28-32-36-40-44-48-52-56-67-61(66)55-51-47-43-39-35-31-25-18-16-14-12-10-8-6-4-2/h18,24-25,28,32,36,58-59,63-64H,3-17,19-23,26-27,29-31,33-35,37-57H2,1-2H3,(H,62,65)/b25-18-,28-24-,36-32-. The molecule has 0 rings (SSSR count). The van der Waals surface area contributed by atoms with Crippen LogP contribution in [0.3, 0.4) is 0 Å². The molecule has 0 aliphatic heterocycles. The summed E-state index contributed by atoms with van der Waals surface area (Å²) < 4.78 is 5.45. The smallest absolute Gasteiger partial charge is 0.305 e. The average Bonchev–Trinajstić information content (AvgIpc) is 3.33. The van der Waals surface area contributed by atoms with Gasteiger partial charge in [0.05, 0.1) is 25.4 Å². The van der Waals surface area contributed by atoms with Crippen LogP contribution in [0, 0.1) is 0 Å². The van der Waals surface area contributed by atoms with Gasteiger partial charge in [0, 0.05) is 12.8 Å². The first-order valence-electron chi connectivity index (χ1n) is 29.8. The molecule has 0 aromatic heterocycles. The maximum absolute atomic E-state index is 12.5. The SMILES string of the molecule is CCCCCCCC/C=C\CCCCCCCC(=O)OCCCCC/C=C\C=C/CCCCCCCCC(=O)NC(CO)C(O)CCCCCCCCCCCCCCCCCCCCCC. The fraction of sp³-hybridized carbons (Fsp3) is 0.869. The zero-order valence-corrected chi connectivity index (χ0v) is 44.9. The highest BCUT2D eigenvalue weighted by Gasteiger charge is 2.20. The largest absolute Gasteiger partial charge is 0.466 e. The summed E-state index contributed by atoms with van der Waals surface area (Å²) in [6.45, 7) is 4.90. The number of nitrogens with one attached hydrogen (secondary N) is 1. The topological polar surface area (TPSA) is 95.9 Å². The first kappa shape index (κ1) is 65.1. The number of aliphatic hydroxyl groups excluding tert-OH is 2. The lowest BCUT2D eigenvalue weighted by molar-refractivity contribution is -0.143. The fourth-order valence-corrected chi connectivity index (χ4v) is 9.10. The van der Waals surface area contributed by atoms with Crippen molar-refractivity contribution in [1.29, 1.82) is 0 Å².